The van der Waals surface area contributed by atoms with Crippen LogP contribution in [0.4, 0.5) is 0 Å². The van der Waals surface area contributed by atoms with E-state index in [0.29, 0.717) is 11.8 Å². The van der Waals surface area contributed by atoms with Crippen LogP contribution in [-0.4, -0.2) is 35.0 Å². The van der Waals surface area contributed by atoms with Gasteiger partial charge in [0.2, 0.25) is 0 Å². The van der Waals surface area contributed by atoms with Gasteiger partial charge in [-0.15, -0.1) is 11.6 Å². The minimum atomic E-state index is 0.399. The van der Waals surface area contributed by atoms with Crippen molar-refractivity contribution < 1.29 is 0 Å². The summed E-state index contributed by atoms with van der Waals surface area (Å²) in [4.78, 5) is 11.0. The maximum atomic E-state index is 5.73. The van der Waals surface area contributed by atoms with Gasteiger partial charge in [0, 0.05) is 24.4 Å². The highest BCUT2D eigenvalue weighted by Crippen LogP contribution is 2.24. The Kier molecular flexibility index (Phi) is 3.54. The normalized spacial score (nSPS) is 22.9. The van der Waals surface area contributed by atoms with Gasteiger partial charge in [-0.05, 0) is 32.5 Å². The molecule has 1 aliphatic rings. The van der Waals surface area contributed by atoms with Crippen molar-refractivity contribution in [1.29, 1.82) is 0 Å². The molecule has 1 saturated heterocycles. The number of rotatable bonds is 2. The van der Waals surface area contributed by atoms with E-state index in [1.807, 2.05) is 12.3 Å². The number of hydrogen-bond acceptors (Lipinski definition) is 3. The van der Waals surface area contributed by atoms with Crippen LogP contribution < -0.4 is 0 Å². The lowest BCUT2D eigenvalue weighted by Gasteiger charge is -2.29. The van der Waals surface area contributed by atoms with Gasteiger partial charge in [0.15, 0.2) is 0 Å². The molecule has 0 radical (unpaired) electrons. The Morgan fingerprint density at radius 1 is 1.60 bits per heavy atom. The van der Waals surface area contributed by atoms with Crippen LogP contribution in [0.5, 0.6) is 0 Å². The second-order valence-corrected chi connectivity index (χ2v) is 4.40. The molecule has 0 spiro atoms. The molecule has 1 unspecified atom stereocenters. The number of alkyl halides is 1. The van der Waals surface area contributed by atoms with Crippen LogP contribution in [0.1, 0.15) is 30.3 Å². The minimum absolute atomic E-state index is 0.399. The topological polar surface area (TPSA) is 29.0 Å². The van der Waals surface area contributed by atoms with Gasteiger partial charge in [0.05, 0.1) is 5.88 Å². The third-order valence-corrected chi connectivity index (χ3v) is 3.13. The van der Waals surface area contributed by atoms with E-state index in [0.717, 1.165) is 18.1 Å². The van der Waals surface area contributed by atoms with Crippen LogP contribution in [0.15, 0.2) is 12.3 Å². The fourth-order valence-electron chi connectivity index (χ4n) is 2.11. The van der Waals surface area contributed by atoms with E-state index in [-0.39, 0.29) is 0 Å². The van der Waals surface area contributed by atoms with Crippen molar-refractivity contribution in [3.8, 4) is 0 Å². The molecule has 4 heteroatoms. The van der Waals surface area contributed by atoms with Crippen LogP contribution >= 0.6 is 11.6 Å². The lowest BCUT2D eigenvalue weighted by atomic mass is 9.95. The maximum Gasteiger partial charge on any atom is 0.143 e. The molecule has 0 saturated carbocycles. The van der Waals surface area contributed by atoms with Crippen molar-refractivity contribution in [2.75, 3.05) is 20.1 Å². The van der Waals surface area contributed by atoms with E-state index in [2.05, 4.69) is 21.9 Å². The van der Waals surface area contributed by atoms with Crippen molar-refractivity contribution in [2.24, 2.45) is 0 Å². The van der Waals surface area contributed by atoms with E-state index >= 15 is 0 Å². The van der Waals surface area contributed by atoms with Crippen LogP contribution in [0.3, 0.4) is 0 Å². The fraction of sp³-hybridized carbons (Fsp3) is 0.636. The lowest BCUT2D eigenvalue weighted by Crippen LogP contribution is -2.31. The Labute approximate surface area is 95.5 Å². The number of likely N-dealkylation sites (tertiary alicyclic amines) is 1. The van der Waals surface area contributed by atoms with Crippen molar-refractivity contribution in [3.63, 3.8) is 0 Å². The van der Waals surface area contributed by atoms with E-state index in [9.17, 15) is 0 Å². The van der Waals surface area contributed by atoms with Gasteiger partial charge in [-0.3, -0.25) is 0 Å². The van der Waals surface area contributed by atoms with Crippen LogP contribution in [0.2, 0.25) is 0 Å². The maximum absolute atomic E-state index is 5.73. The first-order chi connectivity index (χ1) is 7.29. The summed E-state index contributed by atoms with van der Waals surface area (Å²) in [7, 11) is 2.16. The first-order valence-corrected chi connectivity index (χ1v) is 5.89. The summed E-state index contributed by atoms with van der Waals surface area (Å²) < 4.78 is 0. The largest absolute Gasteiger partial charge is 0.306 e. The summed E-state index contributed by atoms with van der Waals surface area (Å²) in [6.07, 6.45) is 4.29. The SMILES string of the molecule is CN1CCCC(c2ccnc(CCl)n2)C1. The third-order valence-electron chi connectivity index (χ3n) is 2.89. The molecule has 1 aromatic rings. The average molecular weight is 226 g/mol. The third kappa shape index (κ3) is 2.67. The predicted molar refractivity (Wildman–Crippen MR) is 61.1 cm³/mol. The van der Waals surface area contributed by atoms with E-state index < -0.39 is 0 Å². The highest BCUT2D eigenvalue weighted by atomic mass is 35.5. The van der Waals surface area contributed by atoms with Gasteiger partial charge in [-0.1, -0.05) is 0 Å². The Hall–Kier alpha value is -0.670. The number of halogens is 1. The summed E-state index contributed by atoms with van der Waals surface area (Å²) in [5, 5.41) is 0. The molecule has 2 rings (SSSR count). The summed E-state index contributed by atoms with van der Waals surface area (Å²) >= 11 is 5.73. The first-order valence-electron chi connectivity index (χ1n) is 5.36. The average Bonchev–Trinajstić information content (AvgIpc) is 2.29. The molecule has 3 nitrogen and oxygen atoms in total. The smallest absolute Gasteiger partial charge is 0.143 e. The highest BCUT2D eigenvalue weighted by Gasteiger charge is 2.20. The van der Waals surface area contributed by atoms with E-state index in [1.54, 1.807) is 0 Å². The summed E-state index contributed by atoms with van der Waals surface area (Å²) in [6.45, 7) is 2.29. The molecule has 2 heterocycles. The molecule has 1 aliphatic heterocycles. The molecule has 1 atom stereocenters. The van der Waals surface area contributed by atoms with Crippen LogP contribution in [-0.2, 0) is 5.88 Å². The monoisotopic (exact) mass is 225 g/mol. The van der Waals surface area contributed by atoms with Gasteiger partial charge in [0.25, 0.3) is 0 Å². The number of likely N-dealkylation sites (N-methyl/N-ethyl adjacent to an activating group) is 1. The summed E-state index contributed by atoms with van der Waals surface area (Å²) in [5.74, 6) is 1.69. The van der Waals surface area contributed by atoms with Crippen molar-refractivity contribution in [3.05, 3.63) is 23.8 Å². The molecule has 1 fully saturated rings. The second kappa shape index (κ2) is 4.90. The Balaban J connectivity index is 2.13. The zero-order valence-electron chi connectivity index (χ0n) is 8.99. The molecule has 0 bridgehead atoms. The molecule has 0 N–H and O–H groups in total. The van der Waals surface area contributed by atoms with Crippen molar-refractivity contribution >= 4 is 11.6 Å². The Morgan fingerprint density at radius 2 is 2.47 bits per heavy atom. The minimum Gasteiger partial charge on any atom is -0.306 e. The van der Waals surface area contributed by atoms with Gasteiger partial charge in [-0.2, -0.15) is 0 Å². The van der Waals surface area contributed by atoms with Crippen LogP contribution in [0, 0.1) is 0 Å². The quantitative estimate of drug-likeness (QED) is 0.722. The molecule has 0 amide bonds. The summed E-state index contributed by atoms with van der Waals surface area (Å²) in [5.41, 5.74) is 1.15. The Bertz CT molecular complexity index is 329. The van der Waals surface area contributed by atoms with E-state index in [1.165, 1.54) is 19.4 Å². The number of nitrogens with zero attached hydrogens (tertiary/aromatic N) is 3. The number of piperidine rings is 1. The zero-order valence-corrected chi connectivity index (χ0v) is 9.74. The summed E-state index contributed by atoms with van der Waals surface area (Å²) in [6, 6.07) is 2.01. The van der Waals surface area contributed by atoms with Gasteiger partial charge in [-0.25, -0.2) is 9.97 Å². The molecular formula is C11H16ClN3. The first kappa shape index (κ1) is 10.8. The zero-order chi connectivity index (χ0) is 10.7. The number of aromatic nitrogens is 2. The van der Waals surface area contributed by atoms with Gasteiger partial charge in [0.1, 0.15) is 5.82 Å². The molecular weight excluding hydrogens is 210 g/mol. The molecule has 1 aromatic heterocycles. The lowest BCUT2D eigenvalue weighted by molar-refractivity contribution is 0.248. The standard InChI is InChI=1S/C11H16ClN3/c1-15-6-2-3-9(8-15)10-4-5-13-11(7-12)14-10/h4-5,9H,2-3,6-8H2,1H3. The Morgan fingerprint density at radius 3 is 3.20 bits per heavy atom. The highest BCUT2D eigenvalue weighted by molar-refractivity contribution is 6.16. The van der Waals surface area contributed by atoms with Gasteiger partial charge < -0.3 is 4.90 Å². The fourth-order valence-corrected chi connectivity index (χ4v) is 2.24. The van der Waals surface area contributed by atoms with E-state index in [4.69, 9.17) is 11.6 Å². The van der Waals surface area contributed by atoms with Crippen molar-refractivity contribution in [2.45, 2.75) is 24.6 Å². The second-order valence-electron chi connectivity index (χ2n) is 4.13. The molecule has 82 valence electrons. The molecule has 0 aromatic carbocycles. The van der Waals surface area contributed by atoms with Crippen molar-refractivity contribution in [1.82, 2.24) is 14.9 Å². The van der Waals surface area contributed by atoms with Crippen LogP contribution in [0.25, 0.3) is 0 Å². The number of hydrogen-bond donors (Lipinski definition) is 0. The molecule has 0 aliphatic carbocycles. The predicted octanol–water partition coefficient (Wildman–Crippen LogP) is 2.02. The van der Waals surface area contributed by atoms with Gasteiger partial charge >= 0.3 is 0 Å². The molecule has 15 heavy (non-hydrogen) atoms.